The SMILES string of the molecule is CCCCCCCCCC1(CCCCCCCCC)c2cc(/C=C/c3ccc(N4CCCCC4)s3)ccc2-c2ccc(/C=C/c3ccc(N4CCCCC4)s3)cc21. The van der Waals surface area contributed by atoms with Crippen LogP contribution in [0.4, 0.5) is 10.0 Å². The molecule has 0 N–H and O–H groups in total. The van der Waals surface area contributed by atoms with Gasteiger partial charge < -0.3 is 9.80 Å². The third-order valence-electron chi connectivity index (χ3n) is 13.3. The smallest absolute Gasteiger partial charge is 0.0914 e. The van der Waals surface area contributed by atoms with Gasteiger partial charge in [0.05, 0.1) is 10.0 Å². The first-order chi connectivity index (χ1) is 28.2. The fourth-order valence-electron chi connectivity index (χ4n) is 9.96. The third kappa shape index (κ3) is 11.2. The number of benzene rings is 2. The van der Waals surface area contributed by atoms with Crippen LogP contribution in [-0.4, -0.2) is 26.2 Å². The monoisotopic (exact) mass is 801 g/mol. The molecule has 4 aromatic rings. The van der Waals surface area contributed by atoms with E-state index in [2.05, 4.69) is 109 Å². The van der Waals surface area contributed by atoms with Crippen molar-refractivity contribution in [1.29, 1.82) is 0 Å². The number of fused-ring (bicyclic) bond motifs is 3. The maximum absolute atomic E-state index is 2.61. The van der Waals surface area contributed by atoms with Crippen LogP contribution < -0.4 is 9.80 Å². The number of thiophene rings is 2. The number of unbranched alkanes of at least 4 members (excludes halogenated alkanes) is 12. The van der Waals surface area contributed by atoms with Crippen molar-refractivity contribution in [3.63, 3.8) is 0 Å². The molecule has 2 aliphatic heterocycles. The first-order valence-electron chi connectivity index (χ1n) is 23.5. The van der Waals surface area contributed by atoms with Crippen LogP contribution in [-0.2, 0) is 5.41 Å². The summed E-state index contributed by atoms with van der Waals surface area (Å²) in [4.78, 5) is 7.91. The van der Waals surface area contributed by atoms with Crippen LogP contribution in [0.2, 0.25) is 0 Å². The van der Waals surface area contributed by atoms with E-state index in [1.54, 1.807) is 11.1 Å². The molecule has 2 aromatic carbocycles. The molecule has 0 unspecified atom stereocenters. The van der Waals surface area contributed by atoms with E-state index < -0.39 is 0 Å². The summed E-state index contributed by atoms with van der Waals surface area (Å²) >= 11 is 3.92. The third-order valence-corrected chi connectivity index (χ3v) is 15.5. The van der Waals surface area contributed by atoms with Gasteiger partial charge in [-0.2, -0.15) is 0 Å². The maximum atomic E-state index is 2.61. The Labute approximate surface area is 355 Å². The lowest BCUT2D eigenvalue weighted by Crippen LogP contribution is -2.28. The van der Waals surface area contributed by atoms with Crippen molar-refractivity contribution in [1.82, 2.24) is 0 Å². The molecule has 0 bridgehead atoms. The molecule has 2 saturated heterocycles. The summed E-state index contributed by atoms with van der Waals surface area (Å²) in [7, 11) is 0. The average molecular weight is 801 g/mol. The summed E-state index contributed by atoms with van der Waals surface area (Å²) in [6.45, 7) is 9.49. The van der Waals surface area contributed by atoms with E-state index in [-0.39, 0.29) is 5.41 Å². The Kier molecular flexibility index (Phi) is 16.1. The summed E-state index contributed by atoms with van der Waals surface area (Å²) < 4.78 is 0. The standard InChI is InChI=1S/C53H72N2S2/c1-3-5-7-9-11-13-17-35-53(36-18-14-12-10-8-6-4-2)49-41-43(23-27-45-29-33-51(56-45)54-37-19-15-20-38-54)25-31-47(49)48-32-26-44(42-50(48)53)24-28-46-30-34-52(57-46)55-39-21-16-22-40-55/h23-34,41-42H,3-22,35-40H2,1-2H3/b27-23+,28-24+. The predicted molar refractivity (Wildman–Crippen MR) is 256 cm³/mol. The molecular weight excluding hydrogens is 729 g/mol. The normalized spacial score (nSPS) is 16.6. The Balaban J connectivity index is 1.17. The van der Waals surface area contributed by atoms with Crippen molar-refractivity contribution >= 4 is 57.0 Å². The summed E-state index contributed by atoms with van der Waals surface area (Å²) in [5.41, 5.74) is 8.93. The van der Waals surface area contributed by atoms with E-state index in [0.717, 1.165) is 0 Å². The highest BCUT2D eigenvalue weighted by Crippen LogP contribution is 2.55. The molecular formula is C53H72N2S2. The molecule has 306 valence electrons. The molecule has 2 fully saturated rings. The zero-order chi connectivity index (χ0) is 39.1. The van der Waals surface area contributed by atoms with E-state index in [9.17, 15) is 0 Å². The van der Waals surface area contributed by atoms with Gasteiger partial charge in [0.15, 0.2) is 0 Å². The quantitative estimate of drug-likeness (QED) is 0.0731. The molecule has 0 spiro atoms. The fourth-order valence-corrected chi connectivity index (χ4v) is 11.9. The molecule has 0 atom stereocenters. The second-order valence-corrected chi connectivity index (χ2v) is 19.7. The molecule has 57 heavy (non-hydrogen) atoms. The number of rotatable bonds is 22. The fraction of sp³-hybridized carbons (Fsp3) is 0.547. The molecule has 7 rings (SSSR count). The van der Waals surface area contributed by atoms with Crippen LogP contribution in [0.1, 0.15) is 187 Å². The van der Waals surface area contributed by atoms with Gasteiger partial charge in [-0.15, -0.1) is 22.7 Å². The Hall–Kier alpha value is -3.08. The predicted octanol–water partition coefficient (Wildman–Crippen LogP) is 16.7. The number of nitrogens with zero attached hydrogens (tertiary/aromatic N) is 2. The lowest BCUT2D eigenvalue weighted by Gasteiger charge is -2.33. The van der Waals surface area contributed by atoms with E-state index >= 15 is 0 Å². The molecule has 4 heteroatoms. The van der Waals surface area contributed by atoms with Crippen LogP contribution in [0.25, 0.3) is 35.4 Å². The number of anilines is 2. The van der Waals surface area contributed by atoms with E-state index in [4.69, 9.17) is 0 Å². The Morgan fingerprint density at radius 2 is 0.860 bits per heavy atom. The lowest BCUT2D eigenvalue weighted by atomic mass is 9.70. The number of hydrogen-bond acceptors (Lipinski definition) is 4. The molecule has 3 aliphatic rings. The number of hydrogen-bond donors (Lipinski definition) is 0. The van der Waals surface area contributed by atoms with Gasteiger partial charge in [-0.25, -0.2) is 0 Å². The minimum Gasteiger partial charge on any atom is -0.363 e. The van der Waals surface area contributed by atoms with E-state index in [1.807, 2.05) is 22.7 Å². The van der Waals surface area contributed by atoms with Gasteiger partial charge in [0.25, 0.3) is 0 Å². The van der Waals surface area contributed by atoms with Crippen molar-refractivity contribution in [2.24, 2.45) is 0 Å². The van der Waals surface area contributed by atoms with Gasteiger partial charge in [-0.05, 0) is 121 Å². The van der Waals surface area contributed by atoms with Gasteiger partial charge in [0.2, 0.25) is 0 Å². The molecule has 0 saturated carbocycles. The lowest BCUT2D eigenvalue weighted by molar-refractivity contribution is 0.397. The molecule has 2 aromatic heterocycles. The second-order valence-electron chi connectivity index (χ2n) is 17.5. The van der Waals surface area contributed by atoms with Crippen molar-refractivity contribution in [2.45, 2.75) is 161 Å². The van der Waals surface area contributed by atoms with Crippen molar-refractivity contribution in [2.75, 3.05) is 36.0 Å². The first-order valence-corrected chi connectivity index (χ1v) is 25.2. The van der Waals surface area contributed by atoms with Crippen LogP contribution >= 0.6 is 22.7 Å². The second kappa shape index (κ2) is 21.8. The van der Waals surface area contributed by atoms with E-state index in [0.29, 0.717) is 0 Å². The van der Waals surface area contributed by atoms with Gasteiger partial charge >= 0.3 is 0 Å². The van der Waals surface area contributed by atoms with Gasteiger partial charge in [-0.3, -0.25) is 0 Å². The summed E-state index contributed by atoms with van der Waals surface area (Å²) in [5, 5.41) is 2.88. The van der Waals surface area contributed by atoms with Crippen molar-refractivity contribution < 1.29 is 0 Å². The van der Waals surface area contributed by atoms with E-state index in [1.165, 1.54) is 209 Å². The minimum absolute atomic E-state index is 0.0694. The summed E-state index contributed by atoms with van der Waals surface area (Å²) in [6, 6.07) is 24.3. The highest BCUT2D eigenvalue weighted by molar-refractivity contribution is 7.17. The van der Waals surface area contributed by atoms with Gasteiger partial charge in [0, 0.05) is 41.3 Å². The largest absolute Gasteiger partial charge is 0.363 e. The zero-order valence-corrected chi connectivity index (χ0v) is 37.3. The summed E-state index contributed by atoms with van der Waals surface area (Å²) in [5.74, 6) is 0. The van der Waals surface area contributed by atoms with Crippen LogP contribution in [0, 0.1) is 0 Å². The van der Waals surface area contributed by atoms with Crippen LogP contribution in [0.5, 0.6) is 0 Å². The van der Waals surface area contributed by atoms with Gasteiger partial charge in [-0.1, -0.05) is 152 Å². The summed E-state index contributed by atoms with van der Waals surface area (Å²) in [6.07, 6.45) is 39.1. The highest BCUT2D eigenvalue weighted by atomic mass is 32.1. The molecule has 1 aliphatic carbocycles. The molecule has 0 radical (unpaired) electrons. The number of piperidine rings is 2. The average Bonchev–Trinajstić information content (AvgIpc) is 4.00. The molecule has 0 amide bonds. The Morgan fingerprint density at radius 3 is 1.28 bits per heavy atom. The van der Waals surface area contributed by atoms with Crippen molar-refractivity contribution in [3.05, 3.63) is 92.7 Å². The van der Waals surface area contributed by atoms with Crippen LogP contribution in [0.15, 0.2) is 60.7 Å². The van der Waals surface area contributed by atoms with Crippen molar-refractivity contribution in [3.8, 4) is 11.1 Å². The zero-order valence-electron chi connectivity index (χ0n) is 35.7. The minimum atomic E-state index is 0.0694. The Morgan fingerprint density at radius 1 is 0.456 bits per heavy atom. The Bertz CT molecular complexity index is 1730. The highest BCUT2D eigenvalue weighted by Gasteiger charge is 2.42. The maximum Gasteiger partial charge on any atom is 0.0914 e. The molecule has 4 heterocycles. The first kappa shape index (κ1) is 42.1. The van der Waals surface area contributed by atoms with Gasteiger partial charge in [0.1, 0.15) is 0 Å². The topological polar surface area (TPSA) is 6.48 Å². The molecule has 2 nitrogen and oxygen atoms in total. The van der Waals surface area contributed by atoms with Crippen LogP contribution in [0.3, 0.4) is 0 Å².